The van der Waals surface area contributed by atoms with Crippen LogP contribution in [0.15, 0.2) is 48.5 Å². The number of hydrogen-bond donors (Lipinski definition) is 3. The van der Waals surface area contributed by atoms with Crippen LogP contribution in [-0.2, 0) is 4.74 Å². The fraction of sp³-hybridized carbons (Fsp3) is 0.0625. The van der Waals surface area contributed by atoms with Crippen molar-refractivity contribution in [3.05, 3.63) is 70.4 Å². The minimum absolute atomic E-state index is 0.0419. The molecule has 0 bridgehead atoms. The van der Waals surface area contributed by atoms with Crippen molar-refractivity contribution in [1.82, 2.24) is 5.23 Å². The summed E-state index contributed by atoms with van der Waals surface area (Å²) in [6.45, 7) is 0. The first-order valence-electron chi connectivity index (χ1n) is 6.90. The Bertz CT molecular complexity index is 785. The highest BCUT2D eigenvalue weighted by Gasteiger charge is 2.16. The summed E-state index contributed by atoms with van der Waals surface area (Å²) in [5.41, 5.74) is -0.785. The second-order valence-corrected chi connectivity index (χ2v) is 4.82. The van der Waals surface area contributed by atoms with Crippen molar-refractivity contribution in [2.24, 2.45) is 0 Å². The van der Waals surface area contributed by atoms with E-state index >= 15 is 0 Å². The van der Waals surface area contributed by atoms with E-state index in [0.717, 1.165) is 7.11 Å². The number of esters is 1. The number of methoxy groups -OCH3 is 1. The molecule has 0 heterocycles. The normalized spacial score (nSPS) is 11.6. The molecule has 0 fully saturated rings. The standard InChI is InChI=1S/C16H15N2O7/c1-25-16(20)13-5-3-2-4-12(13)15(19)14(18(23)24)10-6-8-11(9-7-10)17(21)22/h2-9,19,21,23-24H,1H3/q-1/p-1. The number of nitrogens with zero attached hydrogens (tertiary/aromatic N) is 2. The highest BCUT2D eigenvalue weighted by atomic mass is 16.8. The van der Waals surface area contributed by atoms with Gasteiger partial charge in [0.25, 0.3) is 0 Å². The predicted octanol–water partition coefficient (Wildman–Crippen LogP) is 1.43. The average molecular weight is 346 g/mol. The van der Waals surface area contributed by atoms with Gasteiger partial charge in [-0.1, -0.05) is 36.1 Å². The van der Waals surface area contributed by atoms with E-state index in [1.165, 1.54) is 48.5 Å². The highest BCUT2D eigenvalue weighted by molar-refractivity contribution is 5.97. The summed E-state index contributed by atoms with van der Waals surface area (Å²) < 4.78 is 4.61. The van der Waals surface area contributed by atoms with Gasteiger partial charge in [-0.2, -0.15) is 0 Å². The van der Waals surface area contributed by atoms with E-state index < -0.39 is 17.4 Å². The zero-order valence-corrected chi connectivity index (χ0v) is 13.0. The van der Waals surface area contributed by atoms with Gasteiger partial charge in [0.1, 0.15) is 0 Å². The summed E-state index contributed by atoms with van der Waals surface area (Å²) in [5, 5.41) is 50.5. The molecule has 0 aliphatic carbocycles. The molecule has 0 saturated heterocycles. The first-order valence-corrected chi connectivity index (χ1v) is 6.90. The van der Waals surface area contributed by atoms with Crippen LogP contribution in [0.4, 0.5) is 5.69 Å². The molecule has 0 spiro atoms. The Morgan fingerprint density at radius 2 is 1.56 bits per heavy atom. The van der Waals surface area contributed by atoms with E-state index in [0.29, 0.717) is 0 Å². The second-order valence-electron chi connectivity index (χ2n) is 4.82. The molecule has 0 aliphatic rings. The fourth-order valence-corrected chi connectivity index (χ4v) is 2.18. The van der Waals surface area contributed by atoms with Gasteiger partial charge in [-0.3, -0.25) is 15.6 Å². The van der Waals surface area contributed by atoms with Crippen LogP contribution in [-0.4, -0.2) is 33.9 Å². The molecule has 25 heavy (non-hydrogen) atoms. The van der Waals surface area contributed by atoms with Gasteiger partial charge in [0.05, 0.1) is 24.1 Å². The van der Waals surface area contributed by atoms with Gasteiger partial charge < -0.3 is 20.3 Å². The molecular formula is C16H14N2O7-2. The van der Waals surface area contributed by atoms with Crippen LogP contribution in [0.25, 0.3) is 11.5 Å². The van der Waals surface area contributed by atoms with Crippen LogP contribution in [0.5, 0.6) is 0 Å². The SMILES string of the molecule is COC(=O)c1ccccc1C([O-])=C(c1ccc(N([O-])O)cc1)N(O)O. The maximum Gasteiger partial charge on any atom is 0.338 e. The predicted molar refractivity (Wildman–Crippen MR) is 84.1 cm³/mol. The molecule has 2 rings (SSSR count). The fourth-order valence-electron chi connectivity index (χ4n) is 2.18. The summed E-state index contributed by atoms with van der Waals surface area (Å²) >= 11 is 0. The molecule has 0 amide bonds. The van der Waals surface area contributed by atoms with Gasteiger partial charge >= 0.3 is 5.97 Å². The van der Waals surface area contributed by atoms with Gasteiger partial charge in [0.2, 0.25) is 0 Å². The Morgan fingerprint density at radius 3 is 2.04 bits per heavy atom. The first kappa shape index (κ1) is 18.2. The number of rotatable bonds is 5. The third-order valence-corrected chi connectivity index (χ3v) is 3.35. The molecule has 3 N–H and O–H groups in total. The molecule has 0 saturated carbocycles. The summed E-state index contributed by atoms with van der Waals surface area (Å²) in [7, 11) is 1.15. The van der Waals surface area contributed by atoms with E-state index in [9.17, 15) is 25.5 Å². The van der Waals surface area contributed by atoms with Crippen LogP contribution in [0.1, 0.15) is 21.5 Å². The average Bonchev–Trinajstić information content (AvgIpc) is 2.61. The van der Waals surface area contributed by atoms with Crippen molar-refractivity contribution in [3.8, 4) is 0 Å². The molecule has 0 radical (unpaired) electrons. The number of anilines is 1. The Labute approximate surface area is 142 Å². The van der Waals surface area contributed by atoms with E-state index in [2.05, 4.69) is 4.74 Å². The minimum atomic E-state index is -0.860. The lowest BCUT2D eigenvalue weighted by atomic mass is 10.0. The molecule has 0 aliphatic heterocycles. The first-order chi connectivity index (χ1) is 11.9. The van der Waals surface area contributed by atoms with Gasteiger partial charge in [0.15, 0.2) is 0 Å². The Hall–Kier alpha value is -3.11. The molecule has 132 valence electrons. The lowest BCUT2D eigenvalue weighted by Crippen LogP contribution is -2.20. The minimum Gasteiger partial charge on any atom is -0.871 e. The van der Waals surface area contributed by atoms with Gasteiger partial charge in [-0.15, -0.1) is 5.23 Å². The summed E-state index contributed by atoms with van der Waals surface area (Å²) in [6, 6.07) is 10.5. The van der Waals surface area contributed by atoms with Gasteiger partial charge in [0, 0.05) is 5.56 Å². The molecule has 9 nitrogen and oxygen atoms in total. The molecule has 0 aromatic heterocycles. The van der Waals surface area contributed by atoms with Crippen LogP contribution in [0.2, 0.25) is 0 Å². The van der Waals surface area contributed by atoms with Crippen LogP contribution in [0, 0.1) is 5.21 Å². The Balaban J connectivity index is 2.61. The van der Waals surface area contributed by atoms with Gasteiger partial charge in [-0.25, -0.2) is 4.79 Å². The number of hydroxylamine groups is 2. The smallest absolute Gasteiger partial charge is 0.338 e. The van der Waals surface area contributed by atoms with Crippen molar-refractivity contribution >= 4 is 23.1 Å². The third-order valence-electron chi connectivity index (χ3n) is 3.35. The number of benzene rings is 2. The topological polar surface area (TPSA) is 140 Å². The van der Waals surface area contributed by atoms with E-state index in [1.54, 1.807) is 0 Å². The summed E-state index contributed by atoms with van der Waals surface area (Å²) in [4.78, 5) is 11.8. The van der Waals surface area contributed by atoms with Crippen molar-refractivity contribution in [2.45, 2.75) is 0 Å². The summed E-state index contributed by atoms with van der Waals surface area (Å²) in [6.07, 6.45) is 0. The van der Waals surface area contributed by atoms with E-state index in [4.69, 9.17) is 5.21 Å². The quantitative estimate of drug-likeness (QED) is 0.317. The summed E-state index contributed by atoms with van der Waals surface area (Å²) in [5.74, 6) is -1.62. The molecule has 0 atom stereocenters. The lowest BCUT2D eigenvalue weighted by Gasteiger charge is -2.25. The third kappa shape index (κ3) is 3.87. The Kier molecular flexibility index (Phi) is 5.57. The van der Waals surface area contributed by atoms with E-state index in [-0.39, 0.29) is 32.8 Å². The van der Waals surface area contributed by atoms with E-state index in [1.807, 2.05) is 0 Å². The largest absolute Gasteiger partial charge is 0.871 e. The maximum absolute atomic E-state index is 12.7. The molecule has 0 unspecified atom stereocenters. The van der Waals surface area contributed by atoms with Crippen molar-refractivity contribution < 1.29 is 30.3 Å². The second kappa shape index (κ2) is 7.64. The number of ether oxygens (including phenoxy) is 1. The Morgan fingerprint density at radius 1 is 1.00 bits per heavy atom. The zero-order valence-electron chi connectivity index (χ0n) is 13.0. The van der Waals surface area contributed by atoms with Crippen LogP contribution in [0.3, 0.4) is 0 Å². The van der Waals surface area contributed by atoms with Crippen molar-refractivity contribution in [2.75, 3.05) is 12.3 Å². The highest BCUT2D eigenvalue weighted by Crippen LogP contribution is 2.27. The van der Waals surface area contributed by atoms with Crippen molar-refractivity contribution in [1.29, 1.82) is 0 Å². The number of hydrogen-bond acceptors (Lipinski definition) is 9. The molecular weight excluding hydrogens is 332 g/mol. The maximum atomic E-state index is 12.7. The lowest BCUT2D eigenvalue weighted by molar-refractivity contribution is -0.272. The van der Waals surface area contributed by atoms with Crippen LogP contribution < -0.4 is 10.3 Å². The number of carbonyl (C=O) groups excluding carboxylic acids is 1. The molecule has 9 heteroatoms. The van der Waals surface area contributed by atoms with Crippen molar-refractivity contribution in [3.63, 3.8) is 0 Å². The molecule has 2 aromatic carbocycles. The number of carbonyl (C=O) groups is 1. The zero-order chi connectivity index (χ0) is 18.6. The molecule has 2 aromatic rings. The van der Waals surface area contributed by atoms with Crippen LogP contribution >= 0.6 is 0 Å². The van der Waals surface area contributed by atoms with Gasteiger partial charge in [-0.05, 0) is 23.8 Å². The monoisotopic (exact) mass is 346 g/mol.